The number of anilines is 1. The lowest BCUT2D eigenvalue weighted by molar-refractivity contribution is -0.123. The molecule has 0 radical (unpaired) electrons. The number of carbonyl (C=O) groups is 1. The number of morpholine rings is 1. The van der Waals surface area contributed by atoms with E-state index in [1.54, 1.807) is 0 Å². The maximum Gasteiger partial charge on any atom is 0.246 e. The molecule has 0 aromatic carbocycles. The van der Waals surface area contributed by atoms with Crippen molar-refractivity contribution in [1.29, 1.82) is 0 Å². The van der Waals surface area contributed by atoms with Crippen LogP contribution in [0, 0.1) is 0 Å². The van der Waals surface area contributed by atoms with Gasteiger partial charge in [0.25, 0.3) is 0 Å². The topological polar surface area (TPSA) is 76.1 Å². The van der Waals surface area contributed by atoms with Crippen LogP contribution in [-0.4, -0.2) is 41.4 Å². The predicted octanol–water partition coefficient (Wildman–Crippen LogP) is 0.977. The fraction of sp³-hybridized carbons (Fsp3) is 0.727. The normalized spacial score (nSPS) is 24.2. The van der Waals surface area contributed by atoms with E-state index in [-0.39, 0.29) is 18.1 Å². The molecule has 18 heavy (non-hydrogen) atoms. The molecule has 2 heterocycles. The summed E-state index contributed by atoms with van der Waals surface area (Å²) < 4.78 is 5.44. The summed E-state index contributed by atoms with van der Waals surface area (Å²) in [6.45, 7) is 7.31. The lowest BCUT2D eigenvalue weighted by Gasteiger charge is -2.28. The minimum atomic E-state index is -0.329. The van der Waals surface area contributed by atoms with Gasteiger partial charge in [-0.05, 0) is 6.92 Å². The molecule has 0 unspecified atom stereocenters. The van der Waals surface area contributed by atoms with Gasteiger partial charge in [0, 0.05) is 12.5 Å². The third-order valence-corrected chi connectivity index (χ3v) is 3.90. The van der Waals surface area contributed by atoms with Gasteiger partial charge in [-0.1, -0.05) is 25.2 Å². The summed E-state index contributed by atoms with van der Waals surface area (Å²) in [6, 6.07) is -0.329. The third-order valence-electron chi connectivity index (χ3n) is 2.76. The van der Waals surface area contributed by atoms with Crippen LogP contribution >= 0.6 is 11.3 Å². The Morgan fingerprint density at radius 1 is 1.56 bits per heavy atom. The molecule has 1 aromatic heterocycles. The van der Waals surface area contributed by atoms with Gasteiger partial charge in [0.05, 0.1) is 12.7 Å². The smallest absolute Gasteiger partial charge is 0.246 e. The van der Waals surface area contributed by atoms with Crippen molar-refractivity contribution in [2.45, 2.75) is 38.8 Å². The van der Waals surface area contributed by atoms with E-state index in [9.17, 15) is 4.79 Å². The van der Waals surface area contributed by atoms with Crippen molar-refractivity contribution in [3.63, 3.8) is 0 Å². The summed E-state index contributed by atoms with van der Waals surface area (Å²) >= 11 is 1.41. The van der Waals surface area contributed by atoms with Crippen LogP contribution in [0.4, 0.5) is 5.13 Å². The number of carbonyl (C=O) groups excluding carboxylic acids is 1. The van der Waals surface area contributed by atoms with Gasteiger partial charge in [-0.2, -0.15) is 0 Å². The second-order valence-electron chi connectivity index (χ2n) is 4.60. The van der Waals surface area contributed by atoms with E-state index in [0.29, 0.717) is 24.2 Å². The first kappa shape index (κ1) is 13.4. The second-order valence-corrected chi connectivity index (χ2v) is 5.61. The van der Waals surface area contributed by atoms with Gasteiger partial charge in [-0.3, -0.25) is 10.1 Å². The van der Waals surface area contributed by atoms with E-state index >= 15 is 0 Å². The maximum atomic E-state index is 12.0. The summed E-state index contributed by atoms with van der Waals surface area (Å²) in [5.41, 5.74) is 0. The van der Waals surface area contributed by atoms with E-state index in [2.05, 4.69) is 20.8 Å². The molecule has 2 rings (SSSR count). The molecule has 1 aliphatic rings. The Labute approximate surface area is 110 Å². The molecule has 6 nitrogen and oxygen atoms in total. The second kappa shape index (κ2) is 5.73. The summed E-state index contributed by atoms with van der Waals surface area (Å²) in [6.07, 6.45) is -0.128. The minimum Gasteiger partial charge on any atom is -0.375 e. The van der Waals surface area contributed by atoms with Crippen molar-refractivity contribution in [3.05, 3.63) is 5.01 Å². The van der Waals surface area contributed by atoms with Gasteiger partial charge < -0.3 is 10.1 Å². The minimum absolute atomic E-state index is 0.117. The SMILES string of the molecule is CC(C)c1nnc(NC(=O)[C@H]2NCCO[C@@H]2C)s1. The number of amides is 1. The van der Waals surface area contributed by atoms with Crippen molar-refractivity contribution in [2.75, 3.05) is 18.5 Å². The van der Waals surface area contributed by atoms with Crippen LogP contribution in [0.1, 0.15) is 31.7 Å². The molecule has 0 bridgehead atoms. The molecule has 0 spiro atoms. The summed E-state index contributed by atoms with van der Waals surface area (Å²) in [7, 11) is 0. The Hall–Kier alpha value is -1.05. The van der Waals surface area contributed by atoms with Crippen LogP contribution in [0.2, 0.25) is 0 Å². The largest absolute Gasteiger partial charge is 0.375 e. The highest BCUT2D eigenvalue weighted by Crippen LogP contribution is 2.22. The summed E-state index contributed by atoms with van der Waals surface area (Å²) in [5.74, 6) is 0.205. The number of nitrogens with zero attached hydrogens (tertiary/aromatic N) is 2. The Morgan fingerprint density at radius 2 is 2.33 bits per heavy atom. The quantitative estimate of drug-likeness (QED) is 0.856. The molecule has 1 aromatic rings. The average molecular weight is 270 g/mol. The van der Waals surface area contributed by atoms with Crippen LogP contribution in [-0.2, 0) is 9.53 Å². The van der Waals surface area contributed by atoms with E-state index in [1.807, 2.05) is 20.8 Å². The van der Waals surface area contributed by atoms with Crippen molar-refractivity contribution >= 4 is 22.4 Å². The molecule has 1 fully saturated rings. The van der Waals surface area contributed by atoms with Crippen molar-refractivity contribution in [3.8, 4) is 0 Å². The van der Waals surface area contributed by atoms with E-state index in [0.717, 1.165) is 5.01 Å². The lowest BCUT2D eigenvalue weighted by atomic mass is 10.1. The number of ether oxygens (including phenoxy) is 1. The monoisotopic (exact) mass is 270 g/mol. The highest BCUT2D eigenvalue weighted by atomic mass is 32.1. The zero-order valence-corrected chi connectivity index (χ0v) is 11.6. The zero-order chi connectivity index (χ0) is 13.1. The van der Waals surface area contributed by atoms with Crippen LogP contribution < -0.4 is 10.6 Å². The van der Waals surface area contributed by atoms with Gasteiger partial charge in [0.1, 0.15) is 11.0 Å². The maximum absolute atomic E-state index is 12.0. The van der Waals surface area contributed by atoms with Crippen LogP contribution in [0.5, 0.6) is 0 Å². The number of hydrogen-bond acceptors (Lipinski definition) is 6. The number of rotatable bonds is 3. The van der Waals surface area contributed by atoms with Crippen LogP contribution in [0.3, 0.4) is 0 Å². The van der Waals surface area contributed by atoms with Gasteiger partial charge in [0.15, 0.2) is 0 Å². The molecule has 1 amide bonds. The van der Waals surface area contributed by atoms with Crippen molar-refractivity contribution < 1.29 is 9.53 Å². The molecular weight excluding hydrogens is 252 g/mol. The fourth-order valence-electron chi connectivity index (χ4n) is 1.73. The molecular formula is C11H18N4O2S. The summed E-state index contributed by atoms with van der Waals surface area (Å²) in [4.78, 5) is 12.0. The molecule has 2 N–H and O–H groups in total. The zero-order valence-electron chi connectivity index (χ0n) is 10.8. The first-order valence-corrected chi connectivity index (χ1v) is 6.89. The first-order valence-electron chi connectivity index (χ1n) is 6.07. The Balaban J connectivity index is 1.97. The highest BCUT2D eigenvalue weighted by molar-refractivity contribution is 7.15. The van der Waals surface area contributed by atoms with E-state index < -0.39 is 0 Å². The first-order chi connectivity index (χ1) is 8.58. The Kier molecular flexibility index (Phi) is 4.26. The average Bonchev–Trinajstić information content (AvgIpc) is 2.78. The molecule has 100 valence electrons. The number of hydrogen-bond donors (Lipinski definition) is 2. The van der Waals surface area contributed by atoms with Gasteiger partial charge in [-0.15, -0.1) is 10.2 Å². The summed E-state index contributed by atoms with van der Waals surface area (Å²) in [5, 5.41) is 15.4. The van der Waals surface area contributed by atoms with Crippen LogP contribution in [0.15, 0.2) is 0 Å². The lowest BCUT2D eigenvalue weighted by Crippen LogP contribution is -2.53. The van der Waals surface area contributed by atoms with E-state index in [1.165, 1.54) is 11.3 Å². The number of aromatic nitrogens is 2. The predicted molar refractivity (Wildman–Crippen MR) is 69.8 cm³/mol. The number of nitrogens with one attached hydrogen (secondary N) is 2. The molecule has 1 aliphatic heterocycles. The fourth-order valence-corrected chi connectivity index (χ4v) is 2.48. The van der Waals surface area contributed by atoms with Gasteiger partial charge >= 0.3 is 0 Å². The molecule has 7 heteroatoms. The standard InChI is InChI=1S/C11H18N4O2S/c1-6(2)10-14-15-11(18-10)13-9(16)8-7(3)17-5-4-12-8/h6-8,12H,4-5H2,1-3H3,(H,13,15,16)/t7-,8+/m1/s1. The molecule has 0 saturated carbocycles. The van der Waals surface area contributed by atoms with Crippen molar-refractivity contribution in [1.82, 2.24) is 15.5 Å². The van der Waals surface area contributed by atoms with Gasteiger partial charge in [-0.25, -0.2) is 0 Å². The molecule has 2 atom stereocenters. The molecule has 1 saturated heterocycles. The van der Waals surface area contributed by atoms with Crippen molar-refractivity contribution in [2.24, 2.45) is 0 Å². The Bertz CT molecular complexity index is 421. The highest BCUT2D eigenvalue weighted by Gasteiger charge is 2.28. The third kappa shape index (κ3) is 3.04. The van der Waals surface area contributed by atoms with Gasteiger partial charge in [0.2, 0.25) is 11.0 Å². The Morgan fingerprint density at radius 3 is 2.94 bits per heavy atom. The van der Waals surface area contributed by atoms with Crippen LogP contribution in [0.25, 0.3) is 0 Å². The molecule has 0 aliphatic carbocycles. The van der Waals surface area contributed by atoms with E-state index in [4.69, 9.17) is 4.74 Å².